The number of carbonyl (C=O) groups excluding carboxylic acids is 2. The molecule has 0 aliphatic carbocycles. The third-order valence-corrected chi connectivity index (χ3v) is 7.30. The molecule has 0 atom stereocenters. The van der Waals surface area contributed by atoms with Gasteiger partial charge in [-0.15, -0.1) is 11.3 Å². The minimum Gasteiger partial charge on any atom is -0.324 e. The van der Waals surface area contributed by atoms with Crippen molar-refractivity contribution < 1.29 is 9.59 Å². The van der Waals surface area contributed by atoms with Crippen molar-refractivity contribution in [3.05, 3.63) is 53.0 Å². The Bertz CT molecular complexity index is 1150. The van der Waals surface area contributed by atoms with Gasteiger partial charge < -0.3 is 15.1 Å². The Kier molecular flexibility index (Phi) is 4.50. The molecule has 2 aromatic carbocycles. The lowest BCUT2D eigenvalue weighted by Gasteiger charge is -2.39. The Morgan fingerprint density at radius 2 is 1.90 bits per heavy atom. The van der Waals surface area contributed by atoms with E-state index in [1.54, 1.807) is 18.3 Å². The smallest absolute Gasteiger partial charge is 0.321 e. The highest BCUT2D eigenvalue weighted by atomic mass is 32.1. The molecule has 1 N–H and O–H groups in total. The Balaban J connectivity index is 1.29. The fourth-order valence-corrected chi connectivity index (χ4v) is 5.66. The molecule has 0 saturated carbocycles. The molecule has 3 heterocycles. The van der Waals surface area contributed by atoms with Crippen LogP contribution in [0.25, 0.3) is 10.2 Å². The van der Waals surface area contributed by atoms with Crippen LogP contribution in [0.2, 0.25) is 0 Å². The zero-order valence-electron chi connectivity index (χ0n) is 17.1. The topological polar surface area (TPSA) is 65.5 Å². The standard InChI is InChI=1S/C23H24N4O2S/c1-15-24-19-8-7-17(13-21(19)30-15)25-22(29)26-11-9-23(10-12-26)14-27(16(2)28)20-6-4-3-5-18(20)23/h3-8,13H,9-12,14H2,1-2H3,(H,25,29). The maximum absolute atomic E-state index is 12.9. The predicted octanol–water partition coefficient (Wildman–Crippen LogP) is 4.54. The van der Waals surface area contributed by atoms with Gasteiger partial charge >= 0.3 is 6.03 Å². The quantitative estimate of drug-likeness (QED) is 0.629. The van der Waals surface area contributed by atoms with Crippen molar-refractivity contribution in [3.63, 3.8) is 0 Å². The SMILES string of the molecule is CC(=O)N1CC2(CCN(C(=O)Nc3ccc4nc(C)sc4c3)CC2)c2ccccc21. The number of hydrogen-bond donors (Lipinski definition) is 1. The fraction of sp³-hybridized carbons (Fsp3) is 0.348. The molecule has 3 amide bonds. The van der Waals surface area contributed by atoms with Gasteiger partial charge in [-0.05, 0) is 49.6 Å². The maximum Gasteiger partial charge on any atom is 0.321 e. The number of aromatic nitrogens is 1. The van der Waals surface area contributed by atoms with Crippen LogP contribution < -0.4 is 10.2 Å². The fourth-order valence-electron chi connectivity index (χ4n) is 4.80. The van der Waals surface area contributed by atoms with Crippen molar-refractivity contribution in [2.24, 2.45) is 0 Å². The normalized spacial score (nSPS) is 17.4. The van der Waals surface area contributed by atoms with Gasteiger partial charge in [0, 0.05) is 43.3 Å². The average Bonchev–Trinajstić information content (AvgIpc) is 3.26. The maximum atomic E-state index is 12.9. The van der Waals surface area contributed by atoms with Gasteiger partial charge in [0.05, 0.1) is 15.2 Å². The van der Waals surface area contributed by atoms with Gasteiger partial charge in [0.15, 0.2) is 0 Å². The second-order valence-corrected chi connectivity index (χ2v) is 9.47. The van der Waals surface area contributed by atoms with Crippen LogP contribution in [0.4, 0.5) is 16.2 Å². The number of nitrogens with one attached hydrogen (secondary N) is 1. The third kappa shape index (κ3) is 3.13. The molecule has 1 saturated heterocycles. The third-order valence-electron chi connectivity index (χ3n) is 6.36. The summed E-state index contributed by atoms with van der Waals surface area (Å²) in [5, 5.41) is 4.06. The van der Waals surface area contributed by atoms with E-state index in [1.807, 2.05) is 53.1 Å². The van der Waals surface area contributed by atoms with Crippen LogP contribution in [0, 0.1) is 6.92 Å². The number of rotatable bonds is 1. The predicted molar refractivity (Wildman–Crippen MR) is 120 cm³/mol. The highest BCUT2D eigenvalue weighted by molar-refractivity contribution is 7.18. The summed E-state index contributed by atoms with van der Waals surface area (Å²) in [6.45, 7) is 5.67. The molecule has 5 rings (SSSR count). The summed E-state index contributed by atoms with van der Waals surface area (Å²) in [7, 11) is 0. The van der Waals surface area contributed by atoms with Crippen LogP contribution >= 0.6 is 11.3 Å². The number of urea groups is 1. The van der Waals surface area contributed by atoms with E-state index in [9.17, 15) is 9.59 Å². The van der Waals surface area contributed by atoms with Gasteiger partial charge in [-0.25, -0.2) is 9.78 Å². The molecule has 154 valence electrons. The molecular weight excluding hydrogens is 396 g/mol. The Morgan fingerprint density at radius 1 is 1.13 bits per heavy atom. The van der Waals surface area contributed by atoms with E-state index in [4.69, 9.17) is 0 Å². The number of hydrogen-bond acceptors (Lipinski definition) is 4. The second-order valence-electron chi connectivity index (χ2n) is 8.24. The van der Waals surface area contributed by atoms with E-state index in [2.05, 4.69) is 16.4 Å². The van der Waals surface area contributed by atoms with Crippen LogP contribution in [-0.2, 0) is 10.2 Å². The molecule has 1 aromatic heterocycles. The van der Waals surface area contributed by atoms with Crippen LogP contribution in [0.5, 0.6) is 0 Å². The zero-order valence-corrected chi connectivity index (χ0v) is 18.0. The number of thiazole rings is 1. The first kappa shape index (κ1) is 19.1. The average molecular weight is 421 g/mol. The summed E-state index contributed by atoms with van der Waals surface area (Å²) in [6, 6.07) is 14.0. The summed E-state index contributed by atoms with van der Waals surface area (Å²) in [4.78, 5) is 33.3. The van der Waals surface area contributed by atoms with Crippen LogP contribution in [0.15, 0.2) is 42.5 Å². The van der Waals surface area contributed by atoms with Crippen molar-refractivity contribution in [1.82, 2.24) is 9.88 Å². The van der Waals surface area contributed by atoms with Crippen molar-refractivity contribution in [3.8, 4) is 0 Å². The molecule has 7 heteroatoms. The van der Waals surface area contributed by atoms with E-state index < -0.39 is 0 Å². The molecule has 1 fully saturated rings. The van der Waals surface area contributed by atoms with Crippen molar-refractivity contribution >= 4 is 44.9 Å². The van der Waals surface area contributed by atoms with Gasteiger partial charge in [-0.2, -0.15) is 0 Å². The number of likely N-dealkylation sites (tertiary alicyclic amines) is 1. The van der Waals surface area contributed by atoms with E-state index in [-0.39, 0.29) is 17.4 Å². The van der Waals surface area contributed by atoms with Gasteiger partial charge in [0.1, 0.15) is 0 Å². The molecule has 0 radical (unpaired) electrons. The minimum absolute atomic E-state index is 0.0574. The number of carbonyl (C=O) groups is 2. The van der Waals surface area contributed by atoms with Gasteiger partial charge in [-0.3, -0.25) is 4.79 Å². The molecule has 2 aliphatic heterocycles. The van der Waals surface area contributed by atoms with Crippen molar-refractivity contribution in [2.45, 2.75) is 32.1 Å². The number of piperidine rings is 1. The highest BCUT2D eigenvalue weighted by Gasteiger charge is 2.46. The molecule has 1 spiro atoms. The lowest BCUT2D eigenvalue weighted by molar-refractivity contribution is -0.116. The van der Waals surface area contributed by atoms with E-state index in [0.717, 1.165) is 39.4 Å². The van der Waals surface area contributed by atoms with Crippen LogP contribution in [0.1, 0.15) is 30.3 Å². The van der Waals surface area contributed by atoms with E-state index in [1.165, 1.54) is 5.56 Å². The Labute approximate surface area is 179 Å². The van der Waals surface area contributed by atoms with Gasteiger partial charge in [-0.1, -0.05) is 18.2 Å². The zero-order chi connectivity index (χ0) is 20.9. The molecular formula is C23H24N4O2S. The molecule has 0 bridgehead atoms. The molecule has 3 aromatic rings. The van der Waals surface area contributed by atoms with Crippen molar-refractivity contribution in [1.29, 1.82) is 0 Å². The number of aryl methyl sites for hydroxylation is 1. The highest BCUT2D eigenvalue weighted by Crippen LogP contribution is 2.47. The monoisotopic (exact) mass is 420 g/mol. The second kappa shape index (κ2) is 7.09. The summed E-state index contributed by atoms with van der Waals surface area (Å²) < 4.78 is 1.08. The Morgan fingerprint density at radius 3 is 2.67 bits per heavy atom. The van der Waals surface area contributed by atoms with Gasteiger partial charge in [0.25, 0.3) is 0 Å². The van der Waals surface area contributed by atoms with E-state index in [0.29, 0.717) is 19.6 Å². The summed E-state index contributed by atoms with van der Waals surface area (Å²) in [5.74, 6) is 0.0770. The van der Waals surface area contributed by atoms with Crippen molar-refractivity contribution in [2.75, 3.05) is 29.9 Å². The largest absolute Gasteiger partial charge is 0.324 e. The number of amides is 3. The van der Waals surface area contributed by atoms with Crippen LogP contribution in [0.3, 0.4) is 0 Å². The first-order valence-electron chi connectivity index (χ1n) is 10.3. The number of benzene rings is 2. The first-order chi connectivity index (χ1) is 14.4. The lowest BCUT2D eigenvalue weighted by Crippen LogP contribution is -2.48. The molecule has 6 nitrogen and oxygen atoms in total. The number of para-hydroxylation sites is 1. The first-order valence-corrected chi connectivity index (χ1v) is 11.1. The number of anilines is 2. The molecule has 30 heavy (non-hydrogen) atoms. The van der Waals surface area contributed by atoms with Crippen LogP contribution in [-0.4, -0.2) is 41.5 Å². The lowest BCUT2D eigenvalue weighted by atomic mass is 9.74. The van der Waals surface area contributed by atoms with E-state index >= 15 is 0 Å². The number of nitrogens with zero attached hydrogens (tertiary/aromatic N) is 3. The summed E-state index contributed by atoms with van der Waals surface area (Å²) in [5.41, 5.74) is 3.97. The summed E-state index contributed by atoms with van der Waals surface area (Å²) in [6.07, 6.45) is 1.71. The Hall–Kier alpha value is -2.93. The molecule has 2 aliphatic rings. The minimum atomic E-state index is -0.0693. The summed E-state index contributed by atoms with van der Waals surface area (Å²) >= 11 is 1.63. The van der Waals surface area contributed by atoms with Gasteiger partial charge in [0.2, 0.25) is 5.91 Å². The molecule has 0 unspecified atom stereocenters. The number of fused-ring (bicyclic) bond motifs is 3.